The Labute approximate surface area is 107 Å². The lowest BCUT2D eigenvalue weighted by atomic mass is 9.95. The summed E-state index contributed by atoms with van der Waals surface area (Å²) >= 11 is 0. The second-order valence-electron chi connectivity index (χ2n) is 4.64. The molecule has 0 bridgehead atoms. The highest BCUT2D eigenvalue weighted by atomic mass is 16.6. The predicted molar refractivity (Wildman–Crippen MR) is 69.5 cm³/mol. The summed E-state index contributed by atoms with van der Waals surface area (Å²) in [5.41, 5.74) is 1.81. The monoisotopic (exact) mass is 246 g/mol. The minimum atomic E-state index is -0.248. The first-order valence-electron chi connectivity index (χ1n) is 6.14. The van der Waals surface area contributed by atoms with Crippen LogP contribution in [0.3, 0.4) is 0 Å². The molecule has 0 saturated carbocycles. The second-order valence-corrected chi connectivity index (χ2v) is 4.64. The Hall–Kier alpha value is -1.77. The molecule has 1 aliphatic rings. The van der Waals surface area contributed by atoms with Gasteiger partial charge in [-0.05, 0) is 30.5 Å². The lowest BCUT2D eigenvalue weighted by molar-refractivity contribution is -0.139. The molecule has 3 nitrogen and oxygen atoms in total. The molecule has 2 rings (SSSR count). The lowest BCUT2D eigenvalue weighted by Gasteiger charge is -2.13. The van der Waals surface area contributed by atoms with Crippen LogP contribution in [0.1, 0.15) is 18.9 Å². The van der Waals surface area contributed by atoms with E-state index >= 15 is 0 Å². The number of ether oxygens (including phenoxy) is 2. The van der Waals surface area contributed by atoms with Crippen molar-refractivity contribution >= 4 is 5.97 Å². The molecule has 1 heterocycles. The average molecular weight is 246 g/mol. The molecule has 18 heavy (non-hydrogen) atoms. The molecule has 0 radical (unpaired) electrons. The first-order chi connectivity index (χ1) is 8.61. The summed E-state index contributed by atoms with van der Waals surface area (Å²) in [7, 11) is 1.65. The van der Waals surface area contributed by atoms with Crippen LogP contribution < -0.4 is 4.74 Å². The summed E-state index contributed by atoms with van der Waals surface area (Å²) in [4.78, 5) is 11.4. The summed E-state index contributed by atoms with van der Waals surface area (Å²) in [5, 5.41) is 0. The van der Waals surface area contributed by atoms with Crippen molar-refractivity contribution in [1.82, 2.24) is 0 Å². The van der Waals surface area contributed by atoms with Gasteiger partial charge in [-0.25, -0.2) is 4.79 Å². The van der Waals surface area contributed by atoms with Gasteiger partial charge in [-0.2, -0.15) is 0 Å². The van der Waals surface area contributed by atoms with E-state index in [2.05, 4.69) is 6.58 Å². The Morgan fingerprint density at radius 3 is 2.50 bits per heavy atom. The lowest BCUT2D eigenvalue weighted by Crippen LogP contribution is -2.14. The van der Waals surface area contributed by atoms with Gasteiger partial charge in [-0.3, -0.25) is 0 Å². The molecule has 1 fully saturated rings. The maximum atomic E-state index is 11.4. The number of hydrogen-bond acceptors (Lipinski definition) is 3. The Morgan fingerprint density at radius 2 is 2.00 bits per heavy atom. The Kier molecular flexibility index (Phi) is 3.70. The van der Waals surface area contributed by atoms with Gasteiger partial charge in [0.05, 0.1) is 7.11 Å². The van der Waals surface area contributed by atoms with E-state index in [0.29, 0.717) is 5.57 Å². The third kappa shape index (κ3) is 2.55. The zero-order chi connectivity index (χ0) is 13.1. The van der Waals surface area contributed by atoms with E-state index in [-0.39, 0.29) is 18.0 Å². The second kappa shape index (κ2) is 5.25. The molecule has 2 atom stereocenters. The third-order valence-corrected chi connectivity index (χ3v) is 3.50. The summed E-state index contributed by atoms with van der Waals surface area (Å²) in [6, 6.07) is 7.96. The Morgan fingerprint density at radius 1 is 1.33 bits per heavy atom. The van der Waals surface area contributed by atoms with Crippen LogP contribution in [0.15, 0.2) is 36.4 Å². The smallest absolute Gasteiger partial charge is 0.334 e. The van der Waals surface area contributed by atoms with Gasteiger partial charge >= 0.3 is 5.97 Å². The molecule has 0 amide bonds. The topological polar surface area (TPSA) is 35.5 Å². The number of hydrogen-bond donors (Lipinski definition) is 0. The maximum Gasteiger partial charge on any atom is 0.334 e. The van der Waals surface area contributed by atoms with Crippen molar-refractivity contribution in [2.75, 3.05) is 7.11 Å². The number of carbonyl (C=O) groups excluding carboxylic acids is 1. The van der Waals surface area contributed by atoms with Gasteiger partial charge in [-0.15, -0.1) is 0 Å². The first kappa shape index (κ1) is 12.7. The highest BCUT2D eigenvalue weighted by Gasteiger charge is 2.34. The minimum Gasteiger partial charge on any atom is -0.497 e. The van der Waals surface area contributed by atoms with Gasteiger partial charge < -0.3 is 9.47 Å². The number of cyclic esters (lactones) is 1. The van der Waals surface area contributed by atoms with Crippen LogP contribution in [0, 0.1) is 5.92 Å². The zero-order valence-electron chi connectivity index (χ0n) is 10.8. The first-order valence-corrected chi connectivity index (χ1v) is 6.14. The van der Waals surface area contributed by atoms with Gasteiger partial charge in [0.1, 0.15) is 11.9 Å². The number of methoxy groups -OCH3 is 1. The highest BCUT2D eigenvalue weighted by molar-refractivity contribution is 5.90. The van der Waals surface area contributed by atoms with Crippen molar-refractivity contribution < 1.29 is 14.3 Å². The largest absolute Gasteiger partial charge is 0.497 e. The summed E-state index contributed by atoms with van der Waals surface area (Å²) in [6.45, 7) is 5.75. The van der Waals surface area contributed by atoms with Crippen LogP contribution >= 0.6 is 0 Å². The Bertz CT molecular complexity index is 447. The molecule has 1 aromatic carbocycles. The molecule has 0 aliphatic carbocycles. The number of benzene rings is 1. The fraction of sp³-hybridized carbons (Fsp3) is 0.400. The van der Waals surface area contributed by atoms with Crippen molar-refractivity contribution in [2.24, 2.45) is 5.92 Å². The molecule has 96 valence electrons. The molecular weight excluding hydrogens is 228 g/mol. The van der Waals surface area contributed by atoms with Crippen molar-refractivity contribution in [3.05, 3.63) is 42.0 Å². The summed E-state index contributed by atoms with van der Waals surface area (Å²) in [6.07, 6.45) is 1.68. The van der Waals surface area contributed by atoms with E-state index in [1.54, 1.807) is 7.11 Å². The number of rotatable bonds is 4. The highest BCUT2D eigenvalue weighted by Crippen LogP contribution is 2.29. The van der Waals surface area contributed by atoms with Gasteiger partial charge in [-0.1, -0.05) is 25.6 Å². The molecule has 1 aromatic rings. The van der Waals surface area contributed by atoms with Crippen LogP contribution in [-0.4, -0.2) is 19.2 Å². The van der Waals surface area contributed by atoms with Crippen LogP contribution in [0.25, 0.3) is 0 Å². The number of esters is 1. The average Bonchev–Trinajstić information content (AvgIpc) is 2.64. The molecule has 0 unspecified atom stereocenters. The fourth-order valence-electron chi connectivity index (χ4n) is 2.14. The van der Waals surface area contributed by atoms with E-state index in [0.717, 1.165) is 18.6 Å². The molecule has 0 N–H and O–H groups in total. The van der Waals surface area contributed by atoms with Gasteiger partial charge in [0.2, 0.25) is 0 Å². The zero-order valence-corrected chi connectivity index (χ0v) is 10.8. The van der Waals surface area contributed by atoms with E-state index < -0.39 is 0 Å². The van der Waals surface area contributed by atoms with Gasteiger partial charge in [0.15, 0.2) is 0 Å². The van der Waals surface area contributed by atoms with E-state index in [1.165, 1.54) is 5.56 Å². The normalized spacial score (nSPS) is 23.0. The van der Waals surface area contributed by atoms with Crippen LogP contribution in [0.2, 0.25) is 0 Å². The molecule has 0 spiro atoms. The van der Waals surface area contributed by atoms with Crippen LogP contribution in [-0.2, 0) is 16.0 Å². The van der Waals surface area contributed by atoms with Crippen molar-refractivity contribution in [3.8, 4) is 5.75 Å². The molecule has 1 aliphatic heterocycles. The summed E-state index contributed by atoms with van der Waals surface area (Å²) in [5.74, 6) is 0.728. The van der Waals surface area contributed by atoms with Gasteiger partial charge in [0.25, 0.3) is 0 Å². The number of carbonyl (C=O) groups is 1. The third-order valence-electron chi connectivity index (χ3n) is 3.50. The molecule has 3 heteroatoms. The van der Waals surface area contributed by atoms with Crippen molar-refractivity contribution in [2.45, 2.75) is 25.9 Å². The van der Waals surface area contributed by atoms with E-state index in [9.17, 15) is 4.79 Å². The van der Waals surface area contributed by atoms with Crippen LogP contribution in [0.5, 0.6) is 5.75 Å². The molecule has 1 saturated heterocycles. The fourth-order valence-corrected chi connectivity index (χ4v) is 2.14. The van der Waals surface area contributed by atoms with E-state index in [4.69, 9.17) is 9.47 Å². The SMILES string of the molecule is C=C1C(=O)O[C@H](CCc2ccc(OC)cc2)[C@@H]1C. The quantitative estimate of drug-likeness (QED) is 0.605. The minimum absolute atomic E-state index is 0.0351. The maximum absolute atomic E-state index is 11.4. The standard InChI is InChI=1S/C15H18O3/c1-10-11(2)15(16)18-14(10)9-6-12-4-7-13(17-3)8-5-12/h4-5,7-8,10,14H,2,6,9H2,1,3H3/t10-,14-/m1/s1. The van der Waals surface area contributed by atoms with E-state index in [1.807, 2.05) is 31.2 Å². The summed E-state index contributed by atoms with van der Waals surface area (Å²) < 4.78 is 10.4. The van der Waals surface area contributed by atoms with Crippen LogP contribution in [0.4, 0.5) is 0 Å². The Balaban J connectivity index is 1.91. The molecular formula is C15H18O3. The number of aryl methyl sites for hydroxylation is 1. The van der Waals surface area contributed by atoms with Crippen molar-refractivity contribution in [3.63, 3.8) is 0 Å². The molecule has 0 aromatic heterocycles. The predicted octanol–water partition coefficient (Wildman–Crippen LogP) is 2.75. The van der Waals surface area contributed by atoms with Crippen molar-refractivity contribution in [1.29, 1.82) is 0 Å². The van der Waals surface area contributed by atoms with Gasteiger partial charge in [0, 0.05) is 11.5 Å².